The van der Waals surface area contributed by atoms with Crippen molar-refractivity contribution in [3.63, 3.8) is 0 Å². The highest BCUT2D eigenvalue weighted by Crippen LogP contribution is 2.39. The van der Waals surface area contributed by atoms with E-state index in [9.17, 15) is 13.9 Å². The molecular weight excluding hydrogens is 246 g/mol. The van der Waals surface area contributed by atoms with Gasteiger partial charge in [0.25, 0.3) is 5.92 Å². The van der Waals surface area contributed by atoms with Crippen molar-refractivity contribution in [3.8, 4) is 17.6 Å². The normalized spacial score (nSPS) is 12.9. The van der Waals surface area contributed by atoms with Gasteiger partial charge in [-0.3, -0.25) is 0 Å². The second-order valence-electron chi connectivity index (χ2n) is 3.62. The summed E-state index contributed by atoms with van der Waals surface area (Å²) in [6, 6.07) is 2.03. The number of methoxy groups -OCH3 is 1. The van der Waals surface area contributed by atoms with Crippen LogP contribution in [0.2, 0.25) is 0 Å². The van der Waals surface area contributed by atoms with Crippen molar-refractivity contribution >= 4 is 0 Å². The fraction of sp³-hybridized carbons (Fsp3) is 0.364. The first kappa shape index (κ1) is 14.2. The molecule has 0 amide bonds. The monoisotopic (exact) mass is 258 g/mol. The zero-order valence-corrected chi connectivity index (χ0v) is 9.52. The van der Waals surface area contributed by atoms with Gasteiger partial charge < -0.3 is 20.7 Å². The van der Waals surface area contributed by atoms with Gasteiger partial charge in [0.2, 0.25) is 0 Å². The second kappa shape index (κ2) is 5.16. The highest BCUT2D eigenvalue weighted by Gasteiger charge is 2.39. The quantitative estimate of drug-likeness (QED) is 0.745. The molecule has 1 aromatic rings. The van der Waals surface area contributed by atoms with Crippen LogP contribution >= 0.6 is 0 Å². The average molecular weight is 258 g/mol. The van der Waals surface area contributed by atoms with Crippen molar-refractivity contribution in [3.05, 3.63) is 23.3 Å². The summed E-state index contributed by atoms with van der Waals surface area (Å²) in [4.78, 5) is 0. The van der Waals surface area contributed by atoms with Gasteiger partial charge in [0.1, 0.15) is 12.6 Å². The standard InChI is InChI=1S/C11H12F2N2O3/c1-18-8-3-6(4-14)2-7(9(8)17)10(15)11(12,13)5-16/h2-3,10,16-17H,5,15H2,1H3/t10-/m0/s1. The number of phenols is 1. The molecule has 0 fully saturated rings. The molecule has 1 rings (SSSR count). The van der Waals surface area contributed by atoms with Gasteiger partial charge in [-0.05, 0) is 6.07 Å². The summed E-state index contributed by atoms with van der Waals surface area (Å²) in [7, 11) is 1.22. The smallest absolute Gasteiger partial charge is 0.289 e. The number of nitrogens with two attached hydrogens (primary N) is 1. The fourth-order valence-electron chi connectivity index (χ4n) is 1.41. The predicted octanol–water partition coefficient (Wildman–Crippen LogP) is 0.900. The van der Waals surface area contributed by atoms with Crippen molar-refractivity contribution in [1.29, 1.82) is 5.26 Å². The Hall–Kier alpha value is -1.91. The minimum atomic E-state index is -3.61. The van der Waals surface area contributed by atoms with Gasteiger partial charge in [-0.2, -0.15) is 5.26 Å². The molecule has 0 aliphatic rings. The highest BCUT2D eigenvalue weighted by atomic mass is 19.3. The molecule has 0 aliphatic heterocycles. The van der Waals surface area contributed by atoms with Crippen LogP contribution in [-0.2, 0) is 0 Å². The summed E-state index contributed by atoms with van der Waals surface area (Å²) >= 11 is 0. The lowest BCUT2D eigenvalue weighted by Crippen LogP contribution is -2.36. The number of ether oxygens (including phenoxy) is 1. The lowest BCUT2D eigenvalue weighted by atomic mass is 9.98. The number of nitriles is 1. The molecule has 98 valence electrons. The Bertz CT molecular complexity index is 486. The van der Waals surface area contributed by atoms with E-state index in [4.69, 9.17) is 20.8 Å². The van der Waals surface area contributed by atoms with E-state index in [1.54, 1.807) is 6.07 Å². The Morgan fingerprint density at radius 1 is 1.56 bits per heavy atom. The molecule has 1 aromatic carbocycles. The van der Waals surface area contributed by atoms with Crippen molar-refractivity contribution in [2.75, 3.05) is 13.7 Å². The summed E-state index contributed by atoms with van der Waals surface area (Å²) in [6.45, 7) is -1.47. The van der Waals surface area contributed by atoms with Gasteiger partial charge in [0.15, 0.2) is 11.5 Å². The minimum absolute atomic E-state index is 0.0174. The lowest BCUT2D eigenvalue weighted by molar-refractivity contribution is -0.0716. The van der Waals surface area contributed by atoms with Gasteiger partial charge in [-0.1, -0.05) is 0 Å². The molecule has 0 aliphatic carbocycles. The summed E-state index contributed by atoms with van der Waals surface area (Å²) < 4.78 is 31.3. The first-order valence-corrected chi connectivity index (χ1v) is 4.92. The van der Waals surface area contributed by atoms with E-state index in [2.05, 4.69) is 0 Å². The predicted molar refractivity (Wildman–Crippen MR) is 58.3 cm³/mol. The third-order valence-corrected chi connectivity index (χ3v) is 2.45. The number of benzene rings is 1. The SMILES string of the molecule is COc1cc(C#N)cc([C@H](N)C(F)(F)CO)c1O. The zero-order valence-electron chi connectivity index (χ0n) is 9.52. The number of hydrogen-bond acceptors (Lipinski definition) is 5. The number of aliphatic hydroxyl groups is 1. The average Bonchev–Trinajstić information content (AvgIpc) is 2.38. The Morgan fingerprint density at radius 3 is 2.61 bits per heavy atom. The minimum Gasteiger partial charge on any atom is -0.504 e. The van der Waals surface area contributed by atoms with Crippen LogP contribution < -0.4 is 10.5 Å². The van der Waals surface area contributed by atoms with E-state index in [1.165, 1.54) is 13.2 Å². The highest BCUT2D eigenvalue weighted by molar-refractivity contribution is 5.53. The Balaban J connectivity index is 3.36. The molecule has 0 bridgehead atoms. The van der Waals surface area contributed by atoms with Crippen molar-refractivity contribution in [2.24, 2.45) is 5.73 Å². The van der Waals surface area contributed by atoms with Gasteiger partial charge >= 0.3 is 0 Å². The topological polar surface area (TPSA) is 99.5 Å². The van der Waals surface area contributed by atoms with E-state index < -0.39 is 24.3 Å². The van der Waals surface area contributed by atoms with E-state index in [1.807, 2.05) is 0 Å². The Labute approximate surface area is 102 Å². The summed E-state index contributed by atoms with van der Waals surface area (Å²) in [5.41, 5.74) is 4.96. The third-order valence-electron chi connectivity index (χ3n) is 2.45. The van der Waals surface area contributed by atoms with Crippen LogP contribution in [0.5, 0.6) is 11.5 Å². The number of hydrogen-bond donors (Lipinski definition) is 3. The van der Waals surface area contributed by atoms with Crippen LogP contribution in [0, 0.1) is 11.3 Å². The maximum absolute atomic E-state index is 13.3. The lowest BCUT2D eigenvalue weighted by Gasteiger charge is -2.23. The van der Waals surface area contributed by atoms with Gasteiger partial charge in [-0.15, -0.1) is 0 Å². The molecule has 0 heterocycles. The molecule has 18 heavy (non-hydrogen) atoms. The van der Waals surface area contributed by atoms with E-state index in [0.717, 1.165) is 6.07 Å². The molecule has 5 nitrogen and oxygen atoms in total. The molecule has 0 aromatic heterocycles. The Kier molecular flexibility index (Phi) is 4.06. The number of alkyl halides is 2. The maximum Gasteiger partial charge on any atom is 0.289 e. The van der Waals surface area contributed by atoms with Crippen molar-refractivity contribution < 1.29 is 23.7 Å². The van der Waals surface area contributed by atoms with Crippen LogP contribution in [0.1, 0.15) is 17.2 Å². The molecule has 1 atom stereocenters. The largest absolute Gasteiger partial charge is 0.504 e. The summed E-state index contributed by atoms with van der Waals surface area (Å²) in [6.07, 6.45) is 0. The second-order valence-corrected chi connectivity index (χ2v) is 3.62. The molecule has 4 N–H and O–H groups in total. The van der Waals surface area contributed by atoms with Gasteiger partial charge in [-0.25, -0.2) is 8.78 Å². The third kappa shape index (κ3) is 2.50. The number of aromatic hydroxyl groups is 1. The van der Waals surface area contributed by atoms with E-state index >= 15 is 0 Å². The number of halogens is 2. The van der Waals surface area contributed by atoms with Crippen molar-refractivity contribution in [1.82, 2.24) is 0 Å². The molecule has 0 spiro atoms. The molecule has 0 saturated carbocycles. The van der Waals surface area contributed by atoms with Crippen molar-refractivity contribution in [2.45, 2.75) is 12.0 Å². The molecule has 0 saturated heterocycles. The number of aliphatic hydroxyl groups excluding tert-OH is 1. The maximum atomic E-state index is 13.3. The number of nitrogens with zero attached hydrogens (tertiary/aromatic N) is 1. The fourth-order valence-corrected chi connectivity index (χ4v) is 1.41. The first-order valence-electron chi connectivity index (χ1n) is 4.92. The molecule has 7 heteroatoms. The molecule has 0 unspecified atom stereocenters. The molecular formula is C11H12F2N2O3. The van der Waals surface area contributed by atoms with Gasteiger partial charge in [0, 0.05) is 11.6 Å². The van der Waals surface area contributed by atoms with Crippen LogP contribution in [0.3, 0.4) is 0 Å². The van der Waals surface area contributed by atoms with Gasteiger partial charge in [0.05, 0.1) is 18.7 Å². The number of rotatable bonds is 4. The van der Waals surface area contributed by atoms with E-state index in [0.29, 0.717) is 0 Å². The van der Waals surface area contributed by atoms with Crippen LogP contribution in [0.4, 0.5) is 8.78 Å². The Morgan fingerprint density at radius 2 is 2.17 bits per heavy atom. The van der Waals surface area contributed by atoms with E-state index in [-0.39, 0.29) is 16.9 Å². The van der Waals surface area contributed by atoms with Crippen LogP contribution in [-0.4, -0.2) is 29.9 Å². The van der Waals surface area contributed by atoms with Crippen LogP contribution in [0.15, 0.2) is 12.1 Å². The number of phenolic OH excluding ortho intramolecular Hbond substituents is 1. The summed E-state index contributed by atoms with van der Waals surface area (Å²) in [5, 5.41) is 27.0. The summed E-state index contributed by atoms with van der Waals surface area (Å²) in [5.74, 6) is -4.32. The first-order chi connectivity index (χ1) is 8.37. The molecule has 0 radical (unpaired) electrons. The van der Waals surface area contributed by atoms with Crippen LogP contribution in [0.25, 0.3) is 0 Å². The zero-order chi connectivity index (χ0) is 13.9.